The molecule has 1 aliphatic rings. The fourth-order valence-corrected chi connectivity index (χ4v) is 3.42. The van der Waals surface area contributed by atoms with Crippen LogP contribution in [0.25, 0.3) is 11.1 Å². The maximum atomic E-state index is 12.3. The largest absolute Gasteiger partial charge is 0.490 e. The highest BCUT2D eigenvalue weighted by atomic mass is 16.5. The number of rotatable bonds is 5. The summed E-state index contributed by atoms with van der Waals surface area (Å²) in [7, 11) is 0. The Morgan fingerprint density at radius 2 is 1.96 bits per heavy atom. The minimum absolute atomic E-state index is 0.0878. The van der Waals surface area contributed by atoms with Crippen LogP contribution in [0.4, 0.5) is 5.69 Å². The first kappa shape index (κ1) is 18.3. The molecule has 1 aliphatic heterocycles. The number of likely N-dealkylation sites (tertiary alicyclic amines) is 1. The lowest BCUT2D eigenvalue weighted by Crippen LogP contribution is -2.42. The van der Waals surface area contributed by atoms with Gasteiger partial charge in [-0.3, -0.25) is 14.7 Å². The van der Waals surface area contributed by atoms with Crippen molar-refractivity contribution in [2.75, 3.05) is 25.0 Å². The van der Waals surface area contributed by atoms with E-state index in [2.05, 4.69) is 22.1 Å². The Balaban J connectivity index is 1.26. The summed E-state index contributed by atoms with van der Waals surface area (Å²) in [6.07, 6.45) is 1.96. The second-order valence-corrected chi connectivity index (χ2v) is 7.18. The SMILES string of the molecule is Cc1ccc(OC2CCN(CC(=O)Nc3ccc4[nH]c(=O)oc4c3)CC2)cc1. The molecule has 0 saturated carbocycles. The Morgan fingerprint density at radius 3 is 2.71 bits per heavy atom. The molecule has 1 fully saturated rings. The minimum atomic E-state index is -0.505. The van der Waals surface area contributed by atoms with E-state index in [1.54, 1.807) is 18.2 Å². The van der Waals surface area contributed by atoms with Gasteiger partial charge in [-0.25, -0.2) is 4.79 Å². The summed E-state index contributed by atoms with van der Waals surface area (Å²) in [5.74, 6) is 0.304. The lowest BCUT2D eigenvalue weighted by atomic mass is 10.1. The minimum Gasteiger partial charge on any atom is -0.490 e. The molecule has 28 heavy (non-hydrogen) atoms. The van der Waals surface area contributed by atoms with Gasteiger partial charge in [-0.15, -0.1) is 0 Å². The Labute approximate surface area is 162 Å². The van der Waals surface area contributed by atoms with E-state index >= 15 is 0 Å². The van der Waals surface area contributed by atoms with Crippen LogP contribution < -0.4 is 15.8 Å². The molecule has 7 nitrogen and oxygen atoms in total. The van der Waals surface area contributed by atoms with E-state index in [9.17, 15) is 9.59 Å². The van der Waals surface area contributed by atoms with Gasteiger partial charge in [0.15, 0.2) is 5.58 Å². The van der Waals surface area contributed by atoms with E-state index < -0.39 is 5.76 Å². The fourth-order valence-electron chi connectivity index (χ4n) is 3.42. The summed E-state index contributed by atoms with van der Waals surface area (Å²) >= 11 is 0. The predicted octanol–water partition coefficient (Wildman–Crippen LogP) is 2.91. The number of fused-ring (bicyclic) bond motifs is 1. The average molecular weight is 381 g/mol. The number of H-pyrrole nitrogens is 1. The van der Waals surface area contributed by atoms with Gasteiger partial charge in [0.05, 0.1) is 12.1 Å². The van der Waals surface area contributed by atoms with Gasteiger partial charge in [-0.1, -0.05) is 17.7 Å². The number of aryl methyl sites for hydroxylation is 1. The highest BCUT2D eigenvalue weighted by molar-refractivity contribution is 5.93. The molecular weight excluding hydrogens is 358 g/mol. The molecular formula is C21H23N3O4. The van der Waals surface area contributed by atoms with Gasteiger partial charge in [0.1, 0.15) is 11.9 Å². The van der Waals surface area contributed by atoms with E-state index in [-0.39, 0.29) is 12.0 Å². The molecule has 0 aliphatic carbocycles. The second-order valence-electron chi connectivity index (χ2n) is 7.18. The van der Waals surface area contributed by atoms with Gasteiger partial charge in [0.2, 0.25) is 5.91 Å². The molecule has 0 spiro atoms. The summed E-state index contributed by atoms with van der Waals surface area (Å²) in [5, 5.41) is 2.86. The predicted molar refractivity (Wildman–Crippen MR) is 107 cm³/mol. The molecule has 1 amide bonds. The van der Waals surface area contributed by atoms with Crippen molar-refractivity contribution < 1.29 is 13.9 Å². The molecule has 2 heterocycles. The van der Waals surface area contributed by atoms with Gasteiger partial charge >= 0.3 is 5.76 Å². The van der Waals surface area contributed by atoms with E-state index in [4.69, 9.17) is 9.15 Å². The Kier molecular flexibility index (Phi) is 5.16. The van der Waals surface area contributed by atoms with Gasteiger partial charge in [0.25, 0.3) is 0 Å². The molecule has 0 bridgehead atoms. The number of benzene rings is 2. The van der Waals surface area contributed by atoms with Crippen molar-refractivity contribution in [2.45, 2.75) is 25.9 Å². The lowest BCUT2D eigenvalue weighted by Gasteiger charge is -2.31. The number of piperidine rings is 1. The number of hydrogen-bond acceptors (Lipinski definition) is 5. The number of hydrogen-bond donors (Lipinski definition) is 2. The number of carbonyl (C=O) groups is 1. The number of ether oxygens (including phenoxy) is 1. The monoisotopic (exact) mass is 381 g/mol. The second kappa shape index (κ2) is 7.90. The van der Waals surface area contributed by atoms with Crippen molar-refractivity contribution in [1.82, 2.24) is 9.88 Å². The third-order valence-electron chi connectivity index (χ3n) is 4.93. The van der Waals surface area contributed by atoms with Crippen LogP contribution in [0, 0.1) is 6.92 Å². The maximum Gasteiger partial charge on any atom is 0.417 e. The van der Waals surface area contributed by atoms with Gasteiger partial charge in [0, 0.05) is 24.8 Å². The third-order valence-corrected chi connectivity index (χ3v) is 4.93. The number of aromatic nitrogens is 1. The van der Waals surface area contributed by atoms with Crippen molar-refractivity contribution in [1.29, 1.82) is 0 Å². The zero-order valence-electron chi connectivity index (χ0n) is 15.7. The molecule has 1 saturated heterocycles. The number of aromatic amines is 1. The topological polar surface area (TPSA) is 87.6 Å². The number of carbonyl (C=O) groups excluding carboxylic acids is 1. The smallest absolute Gasteiger partial charge is 0.417 e. The number of nitrogens with one attached hydrogen (secondary N) is 2. The number of nitrogens with zero attached hydrogens (tertiary/aromatic N) is 1. The molecule has 3 aromatic rings. The molecule has 1 aromatic heterocycles. The van der Waals surface area contributed by atoms with E-state index in [1.807, 2.05) is 24.3 Å². The van der Waals surface area contributed by atoms with Crippen molar-refractivity contribution in [3.8, 4) is 5.75 Å². The van der Waals surface area contributed by atoms with Crippen LogP contribution in [0.15, 0.2) is 51.7 Å². The molecule has 0 atom stereocenters. The van der Waals surface area contributed by atoms with Gasteiger partial charge in [-0.05, 0) is 44.0 Å². The lowest BCUT2D eigenvalue weighted by molar-refractivity contribution is -0.117. The van der Waals surface area contributed by atoms with Crippen LogP contribution in [0.2, 0.25) is 0 Å². The van der Waals surface area contributed by atoms with Gasteiger partial charge in [-0.2, -0.15) is 0 Å². The van der Waals surface area contributed by atoms with Crippen LogP contribution in [0.5, 0.6) is 5.75 Å². The average Bonchev–Trinajstić information content (AvgIpc) is 3.04. The molecule has 2 N–H and O–H groups in total. The number of anilines is 1. The summed E-state index contributed by atoms with van der Waals surface area (Å²) in [6, 6.07) is 13.2. The zero-order chi connectivity index (χ0) is 19.5. The van der Waals surface area contributed by atoms with Crippen LogP contribution in [-0.2, 0) is 4.79 Å². The highest BCUT2D eigenvalue weighted by Crippen LogP contribution is 2.20. The molecule has 2 aromatic carbocycles. The van der Waals surface area contributed by atoms with Crippen molar-refractivity contribution in [3.05, 3.63) is 58.6 Å². The van der Waals surface area contributed by atoms with Crippen molar-refractivity contribution >= 4 is 22.7 Å². The molecule has 0 unspecified atom stereocenters. The third kappa shape index (κ3) is 4.43. The fraction of sp³-hybridized carbons (Fsp3) is 0.333. The van der Waals surface area contributed by atoms with Crippen LogP contribution in [0.3, 0.4) is 0 Å². The molecule has 7 heteroatoms. The first-order valence-corrected chi connectivity index (χ1v) is 9.43. The number of oxazole rings is 1. The van der Waals surface area contributed by atoms with E-state index in [0.29, 0.717) is 23.3 Å². The Bertz CT molecular complexity index is 1010. The Hall–Kier alpha value is -3.06. The summed E-state index contributed by atoms with van der Waals surface area (Å²) in [6.45, 7) is 4.01. The highest BCUT2D eigenvalue weighted by Gasteiger charge is 2.22. The quantitative estimate of drug-likeness (QED) is 0.710. The van der Waals surface area contributed by atoms with E-state index in [0.717, 1.165) is 31.7 Å². The van der Waals surface area contributed by atoms with Crippen LogP contribution in [-0.4, -0.2) is 41.5 Å². The maximum absolute atomic E-state index is 12.3. The van der Waals surface area contributed by atoms with Gasteiger partial charge < -0.3 is 14.5 Å². The summed E-state index contributed by atoms with van der Waals surface area (Å²) in [5.41, 5.74) is 2.86. The van der Waals surface area contributed by atoms with Crippen LogP contribution >= 0.6 is 0 Å². The molecule has 4 rings (SSSR count). The first-order valence-electron chi connectivity index (χ1n) is 9.43. The summed E-state index contributed by atoms with van der Waals surface area (Å²) in [4.78, 5) is 28.3. The van der Waals surface area contributed by atoms with Crippen molar-refractivity contribution in [3.63, 3.8) is 0 Å². The summed E-state index contributed by atoms with van der Waals surface area (Å²) < 4.78 is 11.1. The van der Waals surface area contributed by atoms with Crippen LogP contribution in [0.1, 0.15) is 18.4 Å². The first-order chi connectivity index (χ1) is 13.5. The molecule has 0 radical (unpaired) electrons. The normalized spacial score (nSPS) is 15.6. The molecule has 146 valence electrons. The Morgan fingerprint density at radius 1 is 1.21 bits per heavy atom. The standard InChI is InChI=1S/C21H23N3O4/c1-14-2-5-16(6-3-14)27-17-8-10-24(11-9-17)13-20(25)22-15-4-7-18-19(12-15)28-21(26)23-18/h2-7,12,17H,8-11,13H2,1H3,(H,22,25)(H,23,26). The van der Waals surface area contributed by atoms with Crippen molar-refractivity contribution in [2.24, 2.45) is 0 Å². The van der Waals surface area contributed by atoms with E-state index in [1.165, 1.54) is 5.56 Å². The zero-order valence-corrected chi connectivity index (χ0v) is 15.7. The number of amides is 1.